The lowest BCUT2D eigenvalue weighted by Gasteiger charge is -2.15. The van der Waals surface area contributed by atoms with Gasteiger partial charge in [0.25, 0.3) is 0 Å². The Labute approximate surface area is 93.8 Å². The van der Waals surface area contributed by atoms with Crippen LogP contribution in [0.3, 0.4) is 0 Å². The van der Waals surface area contributed by atoms with Crippen LogP contribution >= 0.6 is 0 Å². The van der Waals surface area contributed by atoms with Crippen molar-refractivity contribution in [3.63, 3.8) is 0 Å². The Morgan fingerprint density at radius 1 is 1.27 bits per heavy atom. The fourth-order valence-corrected chi connectivity index (χ4v) is 1.26. The van der Waals surface area contributed by atoms with Crippen LogP contribution in [0.4, 0.5) is 0 Å². The average Bonchev–Trinajstić information content (AvgIpc) is 2.12. The number of rotatable bonds is 7. The van der Waals surface area contributed by atoms with Gasteiger partial charge in [-0.2, -0.15) is 0 Å². The van der Waals surface area contributed by atoms with Crippen LogP contribution < -0.4 is 11.1 Å². The second-order valence-corrected chi connectivity index (χ2v) is 5.00. The largest absolute Gasteiger partial charge is 0.356 e. The predicted molar refractivity (Wildman–Crippen MR) is 64.5 cm³/mol. The van der Waals surface area contributed by atoms with Gasteiger partial charge in [0.05, 0.1) is 0 Å². The Morgan fingerprint density at radius 2 is 1.87 bits per heavy atom. The number of carbonyl (C=O) groups excluding carboxylic acids is 1. The molecule has 0 heterocycles. The van der Waals surface area contributed by atoms with Gasteiger partial charge in [-0.25, -0.2) is 0 Å². The highest BCUT2D eigenvalue weighted by Gasteiger charge is 2.12. The summed E-state index contributed by atoms with van der Waals surface area (Å²) < 4.78 is 0. The molecular weight excluding hydrogens is 188 g/mol. The maximum absolute atomic E-state index is 11.4. The number of carbonyl (C=O) groups is 1. The monoisotopic (exact) mass is 214 g/mol. The van der Waals surface area contributed by atoms with E-state index in [-0.39, 0.29) is 11.9 Å². The zero-order valence-corrected chi connectivity index (χ0v) is 10.5. The fourth-order valence-electron chi connectivity index (χ4n) is 1.26. The molecule has 0 saturated heterocycles. The van der Waals surface area contributed by atoms with Crippen molar-refractivity contribution in [1.82, 2.24) is 5.32 Å². The maximum Gasteiger partial charge on any atom is 0.221 e. The molecule has 0 aliphatic rings. The molecule has 0 radical (unpaired) electrons. The summed E-state index contributed by atoms with van der Waals surface area (Å²) in [5.74, 6) is 1.16. The van der Waals surface area contributed by atoms with Crippen LogP contribution in [0, 0.1) is 11.8 Å². The summed E-state index contributed by atoms with van der Waals surface area (Å²) in [5, 5.41) is 2.90. The van der Waals surface area contributed by atoms with Gasteiger partial charge in [0.1, 0.15) is 0 Å². The molecule has 0 aliphatic heterocycles. The zero-order valence-electron chi connectivity index (χ0n) is 10.5. The van der Waals surface area contributed by atoms with E-state index in [2.05, 4.69) is 19.2 Å². The van der Waals surface area contributed by atoms with E-state index < -0.39 is 0 Å². The number of nitrogens with one attached hydrogen (secondary N) is 1. The van der Waals surface area contributed by atoms with Crippen molar-refractivity contribution in [3.05, 3.63) is 0 Å². The molecule has 0 aromatic heterocycles. The smallest absolute Gasteiger partial charge is 0.221 e. The van der Waals surface area contributed by atoms with Crippen molar-refractivity contribution < 1.29 is 4.79 Å². The summed E-state index contributed by atoms with van der Waals surface area (Å²) >= 11 is 0. The first kappa shape index (κ1) is 14.4. The van der Waals surface area contributed by atoms with Crippen LogP contribution in [0.5, 0.6) is 0 Å². The third kappa shape index (κ3) is 8.43. The van der Waals surface area contributed by atoms with Crippen LogP contribution in [-0.2, 0) is 4.79 Å². The normalized spacial score (nSPS) is 13.3. The molecule has 90 valence electrons. The summed E-state index contributed by atoms with van der Waals surface area (Å²) in [5.41, 5.74) is 5.81. The SMILES string of the molecule is CC(C)CCCNC(=O)CC(N)C(C)C. The third-order valence-electron chi connectivity index (χ3n) is 2.56. The second-order valence-electron chi connectivity index (χ2n) is 5.00. The fraction of sp³-hybridized carbons (Fsp3) is 0.917. The summed E-state index contributed by atoms with van der Waals surface area (Å²) in [6, 6.07) is -0.0184. The van der Waals surface area contributed by atoms with Crippen molar-refractivity contribution in [2.45, 2.75) is 53.0 Å². The van der Waals surface area contributed by atoms with E-state index in [4.69, 9.17) is 5.73 Å². The Bertz CT molecular complexity index is 178. The molecule has 0 aromatic carbocycles. The van der Waals surface area contributed by atoms with Crippen molar-refractivity contribution in [3.8, 4) is 0 Å². The highest BCUT2D eigenvalue weighted by molar-refractivity contribution is 5.76. The van der Waals surface area contributed by atoms with Crippen molar-refractivity contribution in [2.75, 3.05) is 6.54 Å². The molecule has 1 atom stereocenters. The number of hydrogen-bond acceptors (Lipinski definition) is 2. The van der Waals surface area contributed by atoms with Gasteiger partial charge in [-0.05, 0) is 24.7 Å². The van der Waals surface area contributed by atoms with Crippen molar-refractivity contribution in [2.24, 2.45) is 17.6 Å². The predicted octanol–water partition coefficient (Wildman–Crippen LogP) is 1.91. The number of nitrogens with two attached hydrogens (primary N) is 1. The molecule has 1 unspecified atom stereocenters. The molecule has 3 nitrogen and oxygen atoms in total. The van der Waals surface area contributed by atoms with Gasteiger partial charge >= 0.3 is 0 Å². The topological polar surface area (TPSA) is 55.1 Å². The first-order valence-electron chi connectivity index (χ1n) is 5.95. The van der Waals surface area contributed by atoms with Crippen LogP contribution in [0.15, 0.2) is 0 Å². The van der Waals surface area contributed by atoms with E-state index >= 15 is 0 Å². The summed E-state index contributed by atoms with van der Waals surface area (Å²) in [6.45, 7) is 9.24. The highest BCUT2D eigenvalue weighted by atomic mass is 16.1. The van der Waals surface area contributed by atoms with Crippen molar-refractivity contribution in [1.29, 1.82) is 0 Å². The van der Waals surface area contributed by atoms with E-state index in [0.29, 0.717) is 18.3 Å². The molecule has 0 rings (SSSR count). The summed E-state index contributed by atoms with van der Waals surface area (Å²) in [4.78, 5) is 11.4. The van der Waals surface area contributed by atoms with Crippen molar-refractivity contribution >= 4 is 5.91 Å². The van der Waals surface area contributed by atoms with Gasteiger partial charge in [0.2, 0.25) is 5.91 Å². The minimum absolute atomic E-state index is 0.0184. The van der Waals surface area contributed by atoms with E-state index in [9.17, 15) is 4.79 Å². The number of amides is 1. The van der Waals surface area contributed by atoms with E-state index in [0.717, 1.165) is 19.4 Å². The number of hydrogen-bond donors (Lipinski definition) is 2. The molecular formula is C12H26N2O. The maximum atomic E-state index is 11.4. The zero-order chi connectivity index (χ0) is 11.8. The average molecular weight is 214 g/mol. The van der Waals surface area contributed by atoms with Crippen LogP contribution in [0.25, 0.3) is 0 Å². The van der Waals surface area contributed by atoms with Crippen LogP contribution in [-0.4, -0.2) is 18.5 Å². The summed E-state index contributed by atoms with van der Waals surface area (Å²) in [6.07, 6.45) is 2.66. The molecule has 15 heavy (non-hydrogen) atoms. The molecule has 0 bridgehead atoms. The van der Waals surface area contributed by atoms with Gasteiger partial charge < -0.3 is 11.1 Å². The third-order valence-corrected chi connectivity index (χ3v) is 2.56. The molecule has 0 aliphatic carbocycles. The molecule has 3 N–H and O–H groups in total. The molecule has 0 fully saturated rings. The van der Waals surface area contributed by atoms with Crippen LogP contribution in [0.1, 0.15) is 47.0 Å². The second kappa shape index (κ2) is 7.69. The lowest BCUT2D eigenvalue weighted by atomic mass is 10.0. The van der Waals surface area contributed by atoms with Crippen LogP contribution in [0.2, 0.25) is 0 Å². The van der Waals surface area contributed by atoms with E-state index in [1.165, 1.54) is 0 Å². The minimum Gasteiger partial charge on any atom is -0.356 e. The Hall–Kier alpha value is -0.570. The highest BCUT2D eigenvalue weighted by Crippen LogP contribution is 2.04. The lowest BCUT2D eigenvalue weighted by molar-refractivity contribution is -0.121. The van der Waals surface area contributed by atoms with E-state index in [1.807, 2.05) is 13.8 Å². The van der Waals surface area contributed by atoms with Gasteiger partial charge in [-0.3, -0.25) is 4.79 Å². The Kier molecular flexibility index (Phi) is 7.39. The molecule has 0 saturated carbocycles. The molecule has 3 heteroatoms. The molecule has 1 amide bonds. The van der Waals surface area contributed by atoms with Gasteiger partial charge in [-0.15, -0.1) is 0 Å². The van der Waals surface area contributed by atoms with Gasteiger partial charge in [0, 0.05) is 19.0 Å². The Balaban J connectivity index is 3.49. The van der Waals surface area contributed by atoms with E-state index in [1.54, 1.807) is 0 Å². The minimum atomic E-state index is -0.0184. The molecule has 0 spiro atoms. The standard InChI is InChI=1S/C12H26N2O/c1-9(2)6-5-7-14-12(15)8-11(13)10(3)4/h9-11H,5-8,13H2,1-4H3,(H,14,15). The quantitative estimate of drug-likeness (QED) is 0.636. The van der Waals surface area contributed by atoms with Gasteiger partial charge in [0.15, 0.2) is 0 Å². The first-order valence-corrected chi connectivity index (χ1v) is 5.95. The van der Waals surface area contributed by atoms with Gasteiger partial charge in [-0.1, -0.05) is 27.7 Å². The first-order chi connectivity index (χ1) is 6.93. The lowest BCUT2D eigenvalue weighted by Crippen LogP contribution is -2.35. The Morgan fingerprint density at radius 3 is 2.33 bits per heavy atom. The molecule has 0 aromatic rings. The summed E-state index contributed by atoms with van der Waals surface area (Å²) in [7, 11) is 0.